The van der Waals surface area contributed by atoms with Gasteiger partial charge in [-0.3, -0.25) is 4.79 Å². The number of hydrogen-bond donors (Lipinski definition) is 0. The first-order valence-corrected chi connectivity index (χ1v) is 9.36. The minimum atomic E-state index is -0.357. The Morgan fingerprint density at radius 2 is 1.53 bits per heavy atom. The molecule has 8 heteroatoms. The third kappa shape index (κ3) is 3.85. The van der Waals surface area contributed by atoms with Crippen LogP contribution in [-0.2, 0) is 4.79 Å². The van der Waals surface area contributed by atoms with Gasteiger partial charge in [0, 0.05) is 30.5 Å². The van der Waals surface area contributed by atoms with Gasteiger partial charge >= 0.3 is 0 Å². The molecule has 0 spiro atoms. The number of methoxy groups -OCH3 is 5. The summed E-state index contributed by atoms with van der Waals surface area (Å²) in [4.78, 5) is 12.4. The van der Waals surface area contributed by atoms with Gasteiger partial charge in [0.2, 0.25) is 11.7 Å². The number of amides is 1. The van der Waals surface area contributed by atoms with Gasteiger partial charge in [0.05, 0.1) is 47.3 Å². The lowest BCUT2D eigenvalue weighted by atomic mass is 9.96. The zero-order valence-electron chi connectivity index (χ0n) is 18.0. The average Bonchev–Trinajstić information content (AvgIpc) is 3.23. The second kappa shape index (κ2) is 8.94. The maximum atomic E-state index is 12.4. The van der Waals surface area contributed by atoms with Gasteiger partial charge < -0.3 is 23.7 Å². The SMILES string of the molecule is COc1cc(OC)cc(C2=NN(C(C)=O)[C@H](c3ccc(OC)c(OC)c3OC)C2)c1. The van der Waals surface area contributed by atoms with Crippen molar-refractivity contribution in [2.75, 3.05) is 35.5 Å². The zero-order chi connectivity index (χ0) is 21.8. The number of ether oxygens (including phenoxy) is 5. The number of hydrogen-bond acceptors (Lipinski definition) is 7. The van der Waals surface area contributed by atoms with Crippen LogP contribution in [0.3, 0.4) is 0 Å². The van der Waals surface area contributed by atoms with Crippen LogP contribution in [0.5, 0.6) is 28.7 Å². The highest BCUT2D eigenvalue weighted by Crippen LogP contribution is 2.46. The number of benzene rings is 2. The summed E-state index contributed by atoms with van der Waals surface area (Å²) in [6, 6.07) is 8.83. The highest BCUT2D eigenvalue weighted by molar-refractivity contribution is 6.03. The van der Waals surface area contributed by atoms with Crippen LogP contribution < -0.4 is 23.7 Å². The molecule has 2 aromatic carbocycles. The van der Waals surface area contributed by atoms with Crippen LogP contribution in [0, 0.1) is 0 Å². The molecule has 0 aromatic heterocycles. The van der Waals surface area contributed by atoms with Crippen molar-refractivity contribution in [2.45, 2.75) is 19.4 Å². The summed E-state index contributed by atoms with van der Waals surface area (Å²) >= 11 is 0. The molecule has 1 aliphatic rings. The molecule has 0 saturated carbocycles. The van der Waals surface area contributed by atoms with E-state index in [9.17, 15) is 4.79 Å². The highest BCUT2D eigenvalue weighted by Gasteiger charge is 2.35. The fraction of sp³-hybridized carbons (Fsp3) is 0.364. The first kappa shape index (κ1) is 21.3. The molecular weight excluding hydrogens is 388 g/mol. The van der Waals surface area contributed by atoms with Gasteiger partial charge in [-0.05, 0) is 24.3 Å². The Morgan fingerprint density at radius 3 is 2.03 bits per heavy atom. The van der Waals surface area contributed by atoms with Crippen LogP contribution in [0.2, 0.25) is 0 Å². The van der Waals surface area contributed by atoms with Crippen molar-refractivity contribution in [3.8, 4) is 28.7 Å². The molecule has 0 N–H and O–H groups in total. The van der Waals surface area contributed by atoms with Crippen molar-refractivity contribution in [3.63, 3.8) is 0 Å². The Morgan fingerprint density at radius 1 is 0.900 bits per heavy atom. The van der Waals surface area contributed by atoms with E-state index >= 15 is 0 Å². The largest absolute Gasteiger partial charge is 0.497 e. The van der Waals surface area contributed by atoms with Gasteiger partial charge in [-0.1, -0.05) is 0 Å². The minimum absolute atomic E-state index is 0.179. The molecule has 0 radical (unpaired) electrons. The van der Waals surface area contributed by atoms with E-state index in [1.54, 1.807) is 47.7 Å². The molecule has 2 aromatic rings. The van der Waals surface area contributed by atoms with Gasteiger partial charge in [-0.15, -0.1) is 0 Å². The lowest BCUT2D eigenvalue weighted by molar-refractivity contribution is -0.130. The van der Waals surface area contributed by atoms with Gasteiger partial charge in [0.25, 0.3) is 0 Å². The molecule has 0 aliphatic carbocycles. The number of carbonyl (C=O) groups excluding carboxylic acids is 1. The maximum Gasteiger partial charge on any atom is 0.240 e. The molecule has 0 bridgehead atoms. The van der Waals surface area contributed by atoms with Crippen molar-refractivity contribution < 1.29 is 28.5 Å². The number of nitrogens with zero attached hydrogens (tertiary/aromatic N) is 2. The summed E-state index contributed by atoms with van der Waals surface area (Å²) in [6.07, 6.45) is 0.488. The smallest absolute Gasteiger partial charge is 0.240 e. The van der Waals surface area contributed by atoms with Crippen LogP contribution in [-0.4, -0.2) is 52.2 Å². The summed E-state index contributed by atoms with van der Waals surface area (Å²) in [5.41, 5.74) is 2.34. The minimum Gasteiger partial charge on any atom is -0.497 e. The topological polar surface area (TPSA) is 78.8 Å². The third-order valence-electron chi connectivity index (χ3n) is 5.01. The van der Waals surface area contributed by atoms with Crippen LogP contribution in [0.25, 0.3) is 0 Å². The van der Waals surface area contributed by atoms with E-state index in [4.69, 9.17) is 23.7 Å². The summed E-state index contributed by atoms with van der Waals surface area (Å²) in [5.74, 6) is 2.64. The van der Waals surface area contributed by atoms with E-state index in [0.717, 1.165) is 16.8 Å². The van der Waals surface area contributed by atoms with Crippen molar-refractivity contribution in [2.24, 2.45) is 5.10 Å². The molecule has 1 amide bonds. The lowest BCUT2D eigenvalue weighted by Gasteiger charge is -2.24. The van der Waals surface area contributed by atoms with Crippen LogP contribution in [0.15, 0.2) is 35.4 Å². The lowest BCUT2D eigenvalue weighted by Crippen LogP contribution is -2.24. The number of carbonyl (C=O) groups is 1. The van der Waals surface area contributed by atoms with Gasteiger partial charge in [-0.25, -0.2) is 5.01 Å². The Balaban J connectivity index is 2.07. The van der Waals surface area contributed by atoms with E-state index in [2.05, 4.69) is 5.10 Å². The fourth-order valence-electron chi connectivity index (χ4n) is 3.58. The molecule has 1 heterocycles. The summed E-state index contributed by atoms with van der Waals surface area (Å²) in [5, 5.41) is 6.06. The Hall–Kier alpha value is -3.42. The summed E-state index contributed by atoms with van der Waals surface area (Å²) in [6.45, 7) is 1.48. The van der Waals surface area contributed by atoms with Gasteiger partial charge in [0.1, 0.15) is 11.5 Å². The van der Waals surface area contributed by atoms with Crippen LogP contribution >= 0.6 is 0 Å². The van der Waals surface area contributed by atoms with Crippen molar-refractivity contribution >= 4 is 11.6 Å². The quantitative estimate of drug-likeness (QED) is 0.691. The highest BCUT2D eigenvalue weighted by atomic mass is 16.5. The predicted octanol–water partition coefficient (Wildman–Crippen LogP) is 3.43. The van der Waals surface area contributed by atoms with E-state index in [1.165, 1.54) is 11.9 Å². The monoisotopic (exact) mass is 414 g/mol. The first-order chi connectivity index (χ1) is 14.5. The average molecular weight is 414 g/mol. The second-order valence-corrected chi connectivity index (χ2v) is 6.66. The van der Waals surface area contributed by atoms with Crippen LogP contribution in [0.1, 0.15) is 30.5 Å². The summed E-state index contributed by atoms with van der Waals surface area (Å²) in [7, 11) is 7.85. The third-order valence-corrected chi connectivity index (χ3v) is 5.01. The van der Waals surface area contributed by atoms with Crippen molar-refractivity contribution in [3.05, 3.63) is 41.5 Å². The molecule has 0 saturated heterocycles. The van der Waals surface area contributed by atoms with E-state index < -0.39 is 0 Å². The Kier molecular flexibility index (Phi) is 6.34. The predicted molar refractivity (Wildman–Crippen MR) is 112 cm³/mol. The number of hydrazone groups is 1. The van der Waals surface area contributed by atoms with E-state index in [-0.39, 0.29) is 11.9 Å². The van der Waals surface area contributed by atoms with Crippen molar-refractivity contribution in [1.82, 2.24) is 5.01 Å². The Bertz CT molecular complexity index is 950. The zero-order valence-corrected chi connectivity index (χ0v) is 18.0. The van der Waals surface area contributed by atoms with E-state index in [1.807, 2.05) is 18.2 Å². The molecule has 0 fully saturated rings. The van der Waals surface area contributed by atoms with Crippen LogP contribution in [0.4, 0.5) is 0 Å². The second-order valence-electron chi connectivity index (χ2n) is 6.66. The molecule has 1 aliphatic heterocycles. The summed E-state index contributed by atoms with van der Waals surface area (Å²) < 4.78 is 27.2. The molecule has 1 atom stereocenters. The fourth-order valence-corrected chi connectivity index (χ4v) is 3.58. The molecule has 30 heavy (non-hydrogen) atoms. The maximum absolute atomic E-state index is 12.4. The molecular formula is C22H26N2O6. The molecule has 8 nitrogen and oxygen atoms in total. The first-order valence-electron chi connectivity index (χ1n) is 9.36. The standard InChI is InChI=1S/C22H26N2O6/c1-13(25)24-19(17-7-8-20(28-4)22(30-6)21(17)29-5)12-18(23-24)14-9-15(26-2)11-16(10-14)27-3/h7-11,19H,12H2,1-6H3/t19-/m0/s1. The number of rotatable bonds is 7. The van der Waals surface area contributed by atoms with Gasteiger partial charge in [-0.2, -0.15) is 5.10 Å². The van der Waals surface area contributed by atoms with Crippen molar-refractivity contribution in [1.29, 1.82) is 0 Å². The van der Waals surface area contributed by atoms with Gasteiger partial charge in [0.15, 0.2) is 11.5 Å². The van der Waals surface area contributed by atoms with E-state index in [0.29, 0.717) is 35.2 Å². The Labute approximate surface area is 175 Å². The molecule has 0 unspecified atom stereocenters. The molecule has 160 valence electrons. The normalized spacial score (nSPS) is 15.5. The molecule has 3 rings (SSSR count).